The minimum atomic E-state index is -0.114. The normalized spacial score (nSPS) is 13.5. The van der Waals surface area contributed by atoms with Crippen LogP contribution >= 0.6 is 11.3 Å². The van der Waals surface area contributed by atoms with Crippen molar-refractivity contribution >= 4 is 11.3 Å². The Morgan fingerprint density at radius 2 is 1.95 bits per heavy atom. The molecule has 0 bridgehead atoms. The van der Waals surface area contributed by atoms with Crippen molar-refractivity contribution in [1.82, 2.24) is 4.98 Å². The van der Waals surface area contributed by atoms with Crippen molar-refractivity contribution in [3.63, 3.8) is 0 Å². The molecule has 19 heavy (non-hydrogen) atoms. The Bertz CT molecular complexity index is 552. The van der Waals surface area contributed by atoms with Gasteiger partial charge in [-0.2, -0.15) is 0 Å². The van der Waals surface area contributed by atoms with Gasteiger partial charge in [0.05, 0.1) is 11.7 Å². The van der Waals surface area contributed by atoms with E-state index in [1.54, 1.807) is 11.3 Å². The molecule has 0 saturated carbocycles. The molecular weight excluding hydrogens is 252 g/mol. The predicted octanol–water partition coefficient (Wildman–Crippen LogP) is 4.05. The average molecular weight is 274 g/mol. The fourth-order valence-corrected chi connectivity index (χ4v) is 3.13. The van der Waals surface area contributed by atoms with Crippen molar-refractivity contribution in [2.75, 3.05) is 0 Å². The van der Waals surface area contributed by atoms with E-state index in [4.69, 9.17) is 10.7 Å². The first kappa shape index (κ1) is 14.2. The van der Waals surface area contributed by atoms with Crippen molar-refractivity contribution in [3.8, 4) is 0 Å². The highest BCUT2D eigenvalue weighted by atomic mass is 32.1. The van der Waals surface area contributed by atoms with E-state index in [9.17, 15) is 0 Å². The summed E-state index contributed by atoms with van der Waals surface area (Å²) in [5.74, 6) is 0. The van der Waals surface area contributed by atoms with Crippen LogP contribution in [0.5, 0.6) is 0 Å². The van der Waals surface area contributed by atoms with Crippen LogP contribution in [0.4, 0.5) is 0 Å². The van der Waals surface area contributed by atoms with Crippen LogP contribution < -0.4 is 5.73 Å². The van der Waals surface area contributed by atoms with Gasteiger partial charge < -0.3 is 5.73 Å². The molecule has 0 amide bonds. The molecule has 2 N–H and O–H groups in total. The monoisotopic (exact) mass is 274 g/mol. The lowest BCUT2D eigenvalue weighted by molar-refractivity contribution is 0.569. The SMILES string of the molecule is CCc1ccccc1C(N)c1nc(C(C)(C)C)cs1. The maximum atomic E-state index is 6.40. The summed E-state index contributed by atoms with van der Waals surface area (Å²) in [6, 6.07) is 8.26. The van der Waals surface area contributed by atoms with Gasteiger partial charge in [0, 0.05) is 10.8 Å². The van der Waals surface area contributed by atoms with Gasteiger partial charge in [0.1, 0.15) is 5.01 Å². The third-order valence-electron chi connectivity index (χ3n) is 3.33. The Morgan fingerprint density at radius 3 is 2.53 bits per heavy atom. The highest BCUT2D eigenvalue weighted by molar-refractivity contribution is 7.09. The summed E-state index contributed by atoms with van der Waals surface area (Å²) < 4.78 is 0. The topological polar surface area (TPSA) is 38.9 Å². The summed E-state index contributed by atoms with van der Waals surface area (Å²) in [6.45, 7) is 8.69. The molecule has 0 spiro atoms. The van der Waals surface area contributed by atoms with Gasteiger partial charge >= 0.3 is 0 Å². The van der Waals surface area contributed by atoms with Gasteiger partial charge in [0.15, 0.2) is 0 Å². The molecule has 3 heteroatoms. The van der Waals surface area contributed by atoms with E-state index in [0.29, 0.717) is 0 Å². The molecule has 1 atom stereocenters. The number of aromatic nitrogens is 1. The van der Waals surface area contributed by atoms with Gasteiger partial charge in [-0.25, -0.2) is 4.98 Å². The lowest BCUT2D eigenvalue weighted by atomic mass is 9.93. The summed E-state index contributed by atoms with van der Waals surface area (Å²) in [6.07, 6.45) is 1.00. The Labute approximate surface area is 119 Å². The number of rotatable bonds is 3. The smallest absolute Gasteiger partial charge is 0.114 e. The summed E-state index contributed by atoms with van der Waals surface area (Å²) in [7, 11) is 0. The van der Waals surface area contributed by atoms with Gasteiger partial charge in [-0.1, -0.05) is 52.0 Å². The van der Waals surface area contributed by atoms with Crippen LogP contribution in [0.1, 0.15) is 55.6 Å². The van der Waals surface area contributed by atoms with Gasteiger partial charge in [-0.15, -0.1) is 11.3 Å². The van der Waals surface area contributed by atoms with Crippen molar-refractivity contribution in [2.45, 2.75) is 45.6 Å². The van der Waals surface area contributed by atoms with Gasteiger partial charge in [-0.3, -0.25) is 0 Å². The molecule has 1 unspecified atom stereocenters. The first-order valence-corrected chi connectivity index (χ1v) is 7.60. The molecule has 2 nitrogen and oxygen atoms in total. The lowest BCUT2D eigenvalue weighted by Crippen LogP contribution is -2.16. The quantitative estimate of drug-likeness (QED) is 0.917. The highest BCUT2D eigenvalue weighted by Gasteiger charge is 2.21. The number of hydrogen-bond donors (Lipinski definition) is 1. The zero-order chi connectivity index (χ0) is 14.0. The fourth-order valence-electron chi connectivity index (χ4n) is 2.07. The van der Waals surface area contributed by atoms with E-state index in [1.165, 1.54) is 11.1 Å². The summed E-state index contributed by atoms with van der Waals surface area (Å²) >= 11 is 1.66. The number of thiazole rings is 1. The van der Waals surface area contributed by atoms with E-state index >= 15 is 0 Å². The Morgan fingerprint density at radius 1 is 1.26 bits per heavy atom. The molecule has 102 valence electrons. The molecular formula is C16H22N2S. The van der Waals surface area contributed by atoms with Crippen molar-refractivity contribution in [2.24, 2.45) is 5.73 Å². The van der Waals surface area contributed by atoms with Crippen molar-refractivity contribution in [1.29, 1.82) is 0 Å². The maximum Gasteiger partial charge on any atom is 0.114 e. The van der Waals surface area contributed by atoms with Gasteiger partial charge in [0.25, 0.3) is 0 Å². The van der Waals surface area contributed by atoms with Gasteiger partial charge in [0.2, 0.25) is 0 Å². The zero-order valence-corrected chi connectivity index (χ0v) is 12.9. The number of nitrogens with two attached hydrogens (primary N) is 1. The largest absolute Gasteiger partial charge is 0.318 e. The first-order chi connectivity index (χ1) is 8.93. The molecule has 0 aliphatic rings. The van der Waals surface area contributed by atoms with Crippen molar-refractivity contribution < 1.29 is 0 Å². The fraction of sp³-hybridized carbons (Fsp3) is 0.438. The van der Waals surface area contributed by atoms with Crippen LogP contribution in [-0.2, 0) is 11.8 Å². The van der Waals surface area contributed by atoms with Crippen molar-refractivity contribution in [3.05, 3.63) is 51.5 Å². The molecule has 1 aromatic heterocycles. The number of hydrogen-bond acceptors (Lipinski definition) is 3. The Balaban J connectivity index is 2.34. The maximum absolute atomic E-state index is 6.40. The van der Waals surface area contributed by atoms with Crippen LogP contribution in [-0.4, -0.2) is 4.98 Å². The molecule has 0 fully saturated rings. The van der Waals surface area contributed by atoms with E-state index in [-0.39, 0.29) is 11.5 Å². The third kappa shape index (κ3) is 3.04. The first-order valence-electron chi connectivity index (χ1n) is 6.72. The van der Waals surface area contributed by atoms with Gasteiger partial charge in [-0.05, 0) is 17.5 Å². The second-order valence-corrected chi connectivity index (χ2v) is 6.74. The van der Waals surface area contributed by atoms with Crippen LogP contribution in [0.15, 0.2) is 29.6 Å². The molecule has 2 aromatic rings. The molecule has 2 rings (SSSR count). The lowest BCUT2D eigenvalue weighted by Gasteiger charge is -2.16. The average Bonchev–Trinajstić information content (AvgIpc) is 2.87. The minimum Gasteiger partial charge on any atom is -0.318 e. The molecule has 0 saturated heterocycles. The number of aryl methyl sites for hydroxylation is 1. The van der Waals surface area contributed by atoms with Crippen LogP contribution in [0, 0.1) is 0 Å². The van der Waals surface area contributed by atoms with E-state index in [1.807, 2.05) is 6.07 Å². The molecule has 0 aliphatic heterocycles. The molecule has 1 aromatic carbocycles. The van der Waals surface area contributed by atoms with Crippen LogP contribution in [0.25, 0.3) is 0 Å². The third-order valence-corrected chi connectivity index (χ3v) is 4.26. The number of nitrogens with zero attached hydrogens (tertiary/aromatic N) is 1. The second kappa shape index (κ2) is 5.43. The predicted molar refractivity (Wildman–Crippen MR) is 82.7 cm³/mol. The summed E-state index contributed by atoms with van der Waals surface area (Å²) in [5.41, 5.74) is 10.1. The second-order valence-electron chi connectivity index (χ2n) is 5.85. The molecule has 0 radical (unpaired) electrons. The van der Waals surface area contributed by atoms with Crippen LogP contribution in [0.3, 0.4) is 0 Å². The Hall–Kier alpha value is -1.19. The summed E-state index contributed by atoms with van der Waals surface area (Å²) in [5, 5.41) is 3.13. The Kier molecular flexibility index (Phi) is 4.07. The highest BCUT2D eigenvalue weighted by Crippen LogP contribution is 2.30. The van der Waals surface area contributed by atoms with E-state index in [2.05, 4.69) is 51.3 Å². The standard InChI is InChI=1S/C16H22N2S/c1-5-11-8-6-7-9-12(11)14(17)15-18-13(10-19-15)16(2,3)4/h6-10,14H,5,17H2,1-4H3. The minimum absolute atomic E-state index is 0.0821. The molecule has 0 aliphatic carbocycles. The zero-order valence-electron chi connectivity index (χ0n) is 12.1. The number of benzene rings is 1. The van der Waals surface area contributed by atoms with E-state index < -0.39 is 0 Å². The van der Waals surface area contributed by atoms with E-state index in [0.717, 1.165) is 17.1 Å². The molecule has 1 heterocycles. The summed E-state index contributed by atoms with van der Waals surface area (Å²) in [4.78, 5) is 4.73. The van der Waals surface area contributed by atoms with Crippen LogP contribution in [0.2, 0.25) is 0 Å².